The van der Waals surface area contributed by atoms with Gasteiger partial charge >= 0.3 is 0 Å². The molecule has 0 amide bonds. The molecule has 0 aliphatic heterocycles. The molecule has 17 heavy (non-hydrogen) atoms. The van der Waals surface area contributed by atoms with Crippen LogP contribution in [0.2, 0.25) is 0 Å². The highest BCUT2D eigenvalue weighted by Gasteiger charge is 2.20. The Labute approximate surface area is 116 Å². The summed E-state index contributed by atoms with van der Waals surface area (Å²) in [6, 6.07) is 7.32. The Balaban J connectivity index is 2.66. The molecule has 1 aromatic carbocycles. The number of hydrogen-bond donors (Lipinski definition) is 0. The summed E-state index contributed by atoms with van der Waals surface area (Å²) in [6.45, 7) is 0. The third-order valence-electron chi connectivity index (χ3n) is 2.32. The van der Waals surface area contributed by atoms with Gasteiger partial charge in [0.2, 0.25) is 0 Å². The average molecular weight is 379 g/mol. The van der Waals surface area contributed by atoms with E-state index in [1.54, 1.807) is 12.3 Å². The fourth-order valence-electron chi connectivity index (χ4n) is 1.55. The molecule has 0 aliphatic rings. The zero-order valence-corrected chi connectivity index (χ0v) is 12.9. The Morgan fingerprint density at radius 1 is 1.35 bits per heavy atom. The van der Waals surface area contributed by atoms with Crippen LogP contribution in [0, 0.1) is 0 Å². The van der Waals surface area contributed by atoms with Crippen LogP contribution in [0.25, 0.3) is 10.9 Å². The van der Waals surface area contributed by atoms with Crippen molar-refractivity contribution in [3.05, 3.63) is 40.5 Å². The Bertz CT molecular complexity index is 670. The number of benzene rings is 1. The van der Waals surface area contributed by atoms with Gasteiger partial charge in [-0.15, -0.1) is 0 Å². The van der Waals surface area contributed by atoms with E-state index in [0.29, 0.717) is 5.56 Å². The Morgan fingerprint density at radius 2 is 2.06 bits per heavy atom. The maximum atomic E-state index is 11.5. The molecule has 1 aromatic heterocycles. The van der Waals surface area contributed by atoms with Gasteiger partial charge in [-0.1, -0.05) is 22.0 Å². The standard InChI is InChI=1S/C11H9Br2NO2S/c1-17(15,16)11(13)8-5-7-3-2-4-14-10(7)9(12)6-8/h2-6,11H,1H3. The zero-order chi connectivity index (χ0) is 12.6. The zero-order valence-electron chi connectivity index (χ0n) is 8.89. The van der Waals surface area contributed by atoms with Crippen molar-refractivity contribution in [1.82, 2.24) is 4.98 Å². The predicted molar refractivity (Wildman–Crippen MR) is 76.0 cm³/mol. The van der Waals surface area contributed by atoms with Crippen molar-refractivity contribution >= 4 is 52.6 Å². The number of nitrogens with zero attached hydrogens (tertiary/aromatic N) is 1. The van der Waals surface area contributed by atoms with E-state index in [1.807, 2.05) is 18.2 Å². The van der Waals surface area contributed by atoms with Crippen LogP contribution in [0.4, 0.5) is 0 Å². The van der Waals surface area contributed by atoms with Gasteiger partial charge in [0.05, 0.1) is 5.52 Å². The molecular formula is C11H9Br2NO2S. The monoisotopic (exact) mass is 377 g/mol. The number of hydrogen-bond acceptors (Lipinski definition) is 3. The maximum Gasteiger partial charge on any atom is 0.164 e. The fourth-order valence-corrected chi connectivity index (χ4v) is 3.04. The summed E-state index contributed by atoms with van der Waals surface area (Å²) in [6.07, 6.45) is 2.91. The molecule has 0 saturated heterocycles. The highest BCUT2D eigenvalue weighted by atomic mass is 79.9. The van der Waals surface area contributed by atoms with Crippen molar-refractivity contribution in [2.24, 2.45) is 0 Å². The van der Waals surface area contributed by atoms with Crippen molar-refractivity contribution in [2.75, 3.05) is 6.26 Å². The van der Waals surface area contributed by atoms with E-state index in [-0.39, 0.29) is 0 Å². The Morgan fingerprint density at radius 3 is 2.71 bits per heavy atom. The smallest absolute Gasteiger partial charge is 0.164 e. The molecule has 1 atom stereocenters. The molecule has 0 fully saturated rings. The second kappa shape index (κ2) is 4.66. The fraction of sp³-hybridized carbons (Fsp3) is 0.182. The molecule has 2 rings (SSSR count). The van der Waals surface area contributed by atoms with Gasteiger partial charge in [-0.25, -0.2) is 8.42 Å². The largest absolute Gasteiger partial charge is 0.255 e. The van der Waals surface area contributed by atoms with E-state index in [1.165, 1.54) is 6.26 Å². The number of halogens is 2. The first-order chi connectivity index (χ1) is 7.89. The van der Waals surface area contributed by atoms with E-state index in [9.17, 15) is 8.42 Å². The minimum absolute atomic E-state index is 0.694. The summed E-state index contributed by atoms with van der Waals surface area (Å²) in [5, 5.41) is 0.907. The molecule has 0 radical (unpaired) electrons. The number of aromatic nitrogens is 1. The number of pyridine rings is 1. The molecule has 2 aromatic rings. The highest BCUT2D eigenvalue weighted by molar-refractivity contribution is 9.11. The van der Waals surface area contributed by atoms with Crippen LogP contribution in [0.5, 0.6) is 0 Å². The predicted octanol–water partition coefficient (Wildman–Crippen LogP) is 3.44. The topological polar surface area (TPSA) is 47.0 Å². The second-order valence-electron chi connectivity index (χ2n) is 3.72. The number of fused-ring (bicyclic) bond motifs is 1. The summed E-state index contributed by atoms with van der Waals surface area (Å²) in [5.41, 5.74) is 1.52. The van der Waals surface area contributed by atoms with Crippen molar-refractivity contribution in [2.45, 2.75) is 4.16 Å². The molecule has 0 N–H and O–H groups in total. The van der Waals surface area contributed by atoms with Crippen LogP contribution in [-0.2, 0) is 9.84 Å². The number of sulfone groups is 1. The minimum atomic E-state index is -3.17. The van der Waals surface area contributed by atoms with Crippen molar-refractivity contribution in [1.29, 1.82) is 0 Å². The lowest BCUT2D eigenvalue weighted by atomic mass is 10.1. The first-order valence-corrected chi connectivity index (χ1v) is 8.43. The molecular weight excluding hydrogens is 370 g/mol. The second-order valence-corrected chi connectivity index (χ2v) is 8.23. The molecule has 1 heterocycles. The van der Waals surface area contributed by atoms with Gasteiger partial charge in [0.25, 0.3) is 0 Å². The average Bonchev–Trinajstić information content (AvgIpc) is 2.27. The van der Waals surface area contributed by atoms with Gasteiger partial charge in [0, 0.05) is 22.3 Å². The summed E-state index contributed by atoms with van der Waals surface area (Å²) < 4.78 is 23.1. The summed E-state index contributed by atoms with van der Waals surface area (Å²) >= 11 is 6.60. The van der Waals surface area contributed by atoms with Gasteiger partial charge < -0.3 is 0 Å². The van der Waals surface area contributed by atoms with Gasteiger partial charge in [0.1, 0.15) is 4.16 Å². The summed E-state index contributed by atoms with van der Waals surface area (Å²) in [4.78, 5) is 4.23. The van der Waals surface area contributed by atoms with Crippen LogP contribution in [-0.4, -0.2) is 19.7 Å². The lowest BCUT2D eigenvalue weighted by Crippen LogP contribution is -2.04. The van der Waals surface area contributed by atoms with Gasteiger partial charge in [-0.05, 0) is 39.7 Å². The van der Waals surface area contributed by atoms with Gasteiger partial charge in [-0.3, -0.25) is 4.98 Å². The normalized spacial score (nSPS) is 13.8. The van der Waals surface area contributed by atoms with Gasteiger partial charge in [0.15, 0.2) is 9.84 Å². The number of alkyl halides is 1. The molecule has 3 nitrogen and oxygen atoms in total. The van der Waals surface area contributed by atoms with Crippen LogP contribution >= 0.6 is 31.9 Å². The van der Waals surface area contributed by atoms with Gasteiger partial charge in [-0.2, -0.15) is 0 Å². The van der Waals surface area contributed by atoms with Crippen LogP contribution in [0.1, 0.15) is 9.72 Å². The van der Waals surface area contributed by atoms with Crippen molar-refractivity contribution < 1.29 is 8.42 Å². The van der Waals surface area contributed by atoms with E-state index < -0.39 is 14.0 Å². The minimum Gasteiger partial charge on any atom is -0.255 e. The molecule has 1 unspecified atom stereocenters. The molecule has 0 aliphatic carbocycles. The molecule has 6 heteroatoms. The summed E-state index contributed by atoms with van der Waals surface area (Å²) in [7, 11) is -3.17. The lowest BCUT2D eigenvalue weighted by Gasteiger charge is -2.10. The maximum absolute atomic E-state index is 11.5. The lowest BCUT2D eigenvalue weighted by molar-refractivity contribution is 0.600. The van der Waals surface area contributed by atoms with Crippen molar-refractivity contribution in [3.8, 4) is 0 Å². The first-order valence-electron chi connectivity index (χ1n) is 4.77. The Kier molecular flexibility index (Phi) is 3.56. The SMILES string of the molecule is CS(=O)(=O)C(Br)c1cc(Br)c2ncccc2c1. The number of rotatable bonds is 2. The molecule has 0 saturated carbocycles. The third-order valence-corrected chi connectivity index (χ3v) is 6.51. The molecule has 90 valence electrons. The highest BCUT2D eigenvalue weighted by Crippen LogP contribution is 2.33. The van der Waals surface area contributed by atoms with E-state index in [4.69, 9.17) is 0 Å². The van der Waals surface area contributed by atoms with E-state index in [0.717, 1.165) is 15.4 Å². The van der Waals surface area contributed by atoms with Crippen LogP contribution in [0.15, 0.2) is 34.9 Å². The summed E-state index contributed by atoms with van der Waals surface area (Å²) in [5.74, 6) is 0. The molecule has 0 bridgehead atoms. The van der Waals surface area contributed by atoms with Crippen LogP contribution < -0.4 is 0 Å². The van der Waals surface area contributed by atoms with E-state index >= 15 is 0 Å². The quantitative estimate of drug-likeness (QED) is 0.752. The first kappa shape index (κ1) is 13.0. The Hall–Kier alpha value is -0.460. The van der Waals surface area contributed by atoms with Crippen LogP contribution in [0.3, 0.4) is 0 Å². The molecule has 0 spiro atoms. The van der Waals surface area contributed by atoms with E-state index in [2.05, 4.69) is 36.8 Å². The third kappa shape index (κ3) is 2.69. The van der Waals surface area contributed by atoms with Crippen molar-refractivity contribution in [3.63, 3.8) is 0 Å².